The molecule has 19 heavy (non-hydrogen) atoms. The molecule has 1 aromatic carbocycles. The highest BCUT2D eigenvalue weighted by Gasteiger charge is 2.45. The van der Waals surface area contributed by atoms with Crippen LogP contribution in [0.25, 0.3) is 0 Å². The van der Waals surface area contributed by atoms with E-state index in [-0.39, 0.29) is 16.9 Å². The number of hydrogen-bond acceptors (Lipinski definition) is 5. The van der Waals surface area contributed by atoms with E-state index < -0.39 is 32.9 Å². The van der Waals surface area contributed by atoms with Crippen molar-refractivity contribution < 1.29 is 31.5 Å². The molecule has 0 atom stereocenters. The van der Waals surface area contributed by atoms with E-state index in [1.54, 1.807) is 0 Å². The molecule has 0 bridgehead atoms. The minimum absolute atomic E-state index is 0.216. The molecule has 0 saturated carbocycles. The van der Waals surface area contributed by atoms with Gasteiger partial charge in [-0.25, -0.2) is 8.42 Å². The zero-order valence-corrected chi connectivity index (χ0v) is 11.0. The third-order valence-electron chi connectivity index (χ3n) is 2.29. The third kappa shape index (κ3) is 2.95. The van der Waals surface area contributed by atoms with Crippen LogP contribution in [0.3, 0.4) is 0 Å². The number of sulfone groups is 1. The molecule has 0 saturated heterocycles. The lowest BCUT2D eigenvalue weighted by Crippen LogP contribution is -2.26. The quantitative estimate of drug-likeness (QED) is 0.798. The van der Waals surface area contributed by atoms with Crippen LogP contribution >= 0.6 is 11.6 Å². The highest BCUT2D eigenvalue weighted by molar-refractivity contribution is 7.89. The Balaban J connectivity index is 2.61. The van der Waals surface area contributed by atoms with Gasteiger partial charge in [0.1, 0.15) is 0 Å². The second kappa shape index (κ2) is 4.31. The second-order valence-electron chi connectivity index (χ2n) is 3.93. The highest BCUT2D eigenvalue weighted by atomic mass is 35.5. The topological polar surface area (TPSA) is 69.7 Å². The molecule has 9 heteroatoms. The number of carbonyl (C=O) groups excluding carboxylic acids is 1. The summed E-state index contributed by atoms with van der Waals surface area (Å²) in [5.74, 6) is -1.49. The Labute approximate surface area is 112 Å². The van der Waals surface area contributed by atoms with E-state index in [0.717, 1.165) is 18.4 Å². The van der Waals surface area contributed by atoms with Crippen LogP contribution < -0.4 is 9.47 Å². The van der Waals surface area contributed by atoms with Gasteiger partial charge in [-0.2, -0.15) is 0 Å². The number of benzene rings is 1. The molecule has 0 N–H and O–H groups in total. The first-order valence-electron chi connectivity index (χ1n) is 4.88. The number of alkyl halides is 2. The van der Waals surface area contributed by atoms with Crippen LogP contribution in [-0.4, -0.2) is 26.2 Å². The number of hydrogen-bond donors (Lipinski definition) is 0. The van der Waals surface area contributed by atoms with Crippen LogP contribution in [0, 0.1) is 0 Å². The van der Waals surface area contributed by atoms with E-state index in [1.165, 1.54) is 0 Å². The normalized spacial score (nSPS) is 16.4. The predicted molar refractivity (Wildman–Crippen MR) is 61.4 cm³/mol. The summed E-state index contributed by atoms with van der Waals surface area (Å²) in [6, 6.07) is 2.18. The summed E-state index contributed by atoms with van der Waals surface area (Å²) in [6.07, 6.45) is -3.01. The van der Waals surface area contributed by atoms with Crippen LogP contribution in [0.5, 0.6) is 11.5 Å². The van der Waals surface area contributed by atoms with Crippen molar-refractivity contribution in [3.05, 3.63) is 23.3 Å². The van der Waals surface area contributed by atoms with Gasteiger partial charge < -0.3 is 9.47 Å². The van der Waals surface area contributed by atoms with Gasteiger partial charge in [0.25, 0.3) is 5.24 Å². The molecule has 0 amide bonds. The van der Waals surface area contributed by atoms with Crippen LogP contribution in [0.2, 0.25) is 0 Å². The first-order chi connectivity index (χ1) is 8.59. The Hall–Kier alpha value is -1.41. The van der Waals surface area contributed by atoms with Gasteiger partial charge in [0.2, 0.25) is 0 Å². The summed E-state index contributed by atoms with van der Waals surface area (Å²) < 4.78 is 56.9. The van der Waals surface area contributed by atoms with E-state index in [4.69, 9.17) is 11.6 Å². The Morgan fingerprint density at radius 2 is 2.00 bits per heavy atom. The fraction of sp³-hybridized carbons (Fsp3) is 0.300. The summed E-state index contributed by atoms with van der Waals surface area (Å²) in [7, 11) is -3.58. The van der Waals surface area contributed by atoms with Crippen LogP contribution in [0.15, 0.2) is 12.1 Å². The lowest BCUT2D eigenvalue weighted by atomic mass is 10.1. The monoisotopic (exact) mass is 312 g/mol. The maximum Gasteiger partial charge on any atom is 0.586 e. The number of halogens is 3. The van der Waals surface area contributed by atoms with Crippen molar-refractivity contribution >= 4 is 26.7 Å². The molecule has 0 unspecified atom stereocenters. The maximum absolute atomic E-state index is 13.0. The summed E-state index contributed by atoms with van der Waals surface area (Å²) in [5, 5.41) is -0.972. The van der Waals surface area contributed by atoms with Crippen LogP contribution in [0.1, 0.15) is 15.9 Å². The minimum atomic E-state index is -3.90. The lowest BCUT2D eigenvalue weighted by molar-refractivity contribution is -0.286. The second-order valence-corrected chi connectivity index (χ2v) is 6.41. The van der Waals surface area contributed by atoms with E-state index in [1.807, 2.05) is 0 Å². The van der Waals surface area contributed by atoms with Crippen molar-refractivity contribution in [2.75, 3.05) is 6.26 Å². The smallest absolute Gasteiger partial charge is 0.395 e. The Morgan fingerprint density at radius 3 is 2.53 bits per heavy atom. The van der Waals surface area contributed by atoms with E-state index in [0.29, 0.717) is 0 Å². The van der Waals surface area contributed by atoms with Crippen molar-refractivity contribution in [1.29, 1.82) is 0 Å². The van der Waals surface area contributed by atoms with Crippen molar-refractivity contribution in [2.45, 2.75) is 12.0 Å². The average Bonchev–Trinajstić information content (AvgIpc) is 2.50. The molecule has 0 fully saturated rings. The number of fused-ring (bicyclic) bond motifs is 1. The molecule has 0 aromatic heterocycles. The van der Waals surface area contributed by atoms with Crippen LogP contribution in [0.4, 0.5) is 8.78 Å². The summed E-state index contributed by atoms with van der Waals surface area (Å²) >= 11 is 5.29. The summed E-state index contributed by atoms with van der Waals surface area (Å²) in [5.41, 5.74) is -0.454. The molecule has 1 aliphatic rings. The zero-order chi connectivity index (χ0) is 14.4. The molecule has 1 heterocycles. The lowest BCUT2D eigenvalue weighted by Gasteiger charge is -2.09. The van der Waals surface area contributed by atoms with Gasteiger partial charge in [0.05, 0.1) is 5.75 Å². The molecule has 104 valence electrons. The van der Waals surface area contributed by atoms with Crippen molar-refractivity contribution in [3.63, 3.8) is 0 Å². The number of carbonyl (C=O) groups is 1. The van der Waals surface area contributed by atoms with Crippen molar-refractivity contribution in [3.8, 4) is 11.5 Å². The molecular formula is C10H7ClF2O5S. The van der Waals surface area contributed by atoms with E-state index in [9.17, 15) is 22.0 Å². The maximum atomic E-state index is 13.0. The molecular weight excluding hydrogens is 306 g/mol. The van der Waals surface area contributed by atoms with Crippen LogP contribution in [-0.2, 0) is 15.6 Å². The van der Waals surface area contributed by atoms with Crippen molar-refractivity contribution in [2.24, 2.45) is 0 Å². The number of ether oxygens (including phenoxy) is 2. The van der Waals surface area contributed by atoms with Gasteiger partial charge in [0.15, 0.2) is 21.3 Å². The molecule has 1 aliphatic heterocycles. The van der Waals surface area contributed by atoms with Gasteiger partial charge in [0, 0.05) is 17.4 Å². The van der Waals surface area contributed by atoms with Gasteiger partial charge >= 0.3 is 6.29 Å². The Morgan fingerprint density at radius 1 is 1.37 bits per heavy atom. The average molecular weight is 313 g/mol. The molecule has 0 radical (unpaired) electrons. The minimum Gasteiger partial charge on any atom is -0.395 e. The van der Waals surface area contributed by atoms with E-state index in [2.05, 4.69) is 9.47 Å². The molecule has 1 aromatic rings. The summed E-state index contributed by atoms with van der Waals surface area (Å²) in [4.78, 5) is 11.2. The predicted octanol–water partition coefficient (Wildman–Crippen LogP) is 1.93. The van der Waals surface area contributed by atoms with Crippen molar-refractivity contribution in [1.82, 2.24) is 0 Å². The first kappa shape index (κ1) is 14.0. The Bertz CT molecular complexity index is 656. The van der Waals surface area contributed by atoms with E-state index >= 15 is 0 Å². The molecule has 0 spiro atoms. The highest BCUT2D eigenvalue weighted by Crippen LogP contribution is 2.45. The fourth-order valence-corrected chi connectivity index (χ4v) is 2.64. The molecule has 5 nitrogen and oxygen atoms in total. The third-order valence-corrected chi connectivity index (χ3v) is 3.31. The largest absolute Gasteiger partial charge is 0.586 e. The fourth-order valence-electron chi connectivity index (χ4n) is 1.66. The zero-order valence-electron chi connectivity index (χ0n) is 9.45. The molecule has 2 rings (SSSR count). The Kier molecular flexibility index (Phi) is 3.18. The first-order valence-corrected chi connectivity index (χ1v) is 7.32. The van der Waals surface area contributed by atoms with Gasteiger partial charge in [-0.3, -0.25) is 4.79 Å². The summed E-state index contributed by atoms with van der Waals surface area (Å²) in [6.45, 7) is 0. The number of rotatable bonds is 3. The van der Waals surface area contributed by atoms with Gasteiger partial charge in [-0.1, -0.05) is 0 Å². The van der Waals surface area contributed by atoms with Gasteiger partial charge in [-0.15, -0.1) is 8.78 Å². The molecule has 0 aliphatic carbocycles. The SMILES string of the molecule is CS(=O)(=O)Cc1c(C(=O)Cl)ccc2c1OC(F)(F)O2. The standard InChI is InChI=1S/C10H7ClF2O5S/c1-19(15,16)4-6-5(9(11)14)2-3-7-8(6)18-10(12,13)17-7/h2-3H,4H2,1H3. The van der Waals surface area contributed by atoms with Gasteiger partial charge in [-0.05, 0) is 23.7 Å².